The number of amides is 1. The van der Waals surface area contributed by atoms with Crippen molar-refractivity contribution < 1.29 is 9.53 Å². The number of carbonyl (C=O) groups is 1. The summed E-state index contributed by atoms with van der Waals surface area (Å²) < 4.78 is 4.64. The van der Waals surface area contributed by atoms with Gasteiger partial charge in [-0.2, -0.15) is 0 Å². The Balaban J connectivity index is 2.54. The first kappa shape index (κ1) is 9.95. The zero-order valence-corrected chi connectivity index (χ0v) is 7.84. The quantitative estimate of drug-likeness (QED) is 0.749. The number of nitrogens with one attached hydrogen (secondary N) is 1. The van der Waals surface area contributed by atoms with E-state index >= 15 is 0 Å². The van der Waals surface area contributed by atoms with Gasteiger partial charge in [0.05, 0.1) is 11.9 Å². The average Bonchev–Trinajstić information content (AvgIpc) is 2.09. The lowest BCUT2D eigenvalue weighted by molar-refractivity contribution is -0.119. The van der Waals surface area contributed by atoms with Gasteiger partial charge in [0.25, 0.3) is 0 Å². The number of aromatic nitrogens is 1. The highest BCUT2D eigenvalue weighted by molar-refractivity contribution is 6.29. The van der Waals surface area contributed by atoms with E-state index in [0.29, 0.717) is 10.8 Å². The highest BCUT2D eigenvalue weighted by Gasteiger charge is 2.00. The van der Waals surface area contributed by atoms with Crippen LogP contribution in [-0.2, 0) is 9.53 Å². The molecule has 0 radical (unpaired) electrons. The Morgan fingerprint density at radius 2 is 2.46 bits per heavy atom. The predicted molar refractivity (Wildman–Crippen MR) is 49.8 cm³/mol. The smallest absolute Gasteiger partial charge is 0.250 e. The minimum atomic E-state index is -0.216. The van der Waals surface area contributed by atoms with E-state index in [0.717, 1.165) is 0 Å². The van der Waals surface area contributed by atoms with Gasteiger partial charge in [-0.1, -0.05) is 11.6 Å². The van der Waals surface area contributed by atoms with Crippen molar-refractivity contribution in [3.8, 4) is 0 Å². The van der Waals surface area contributed by atoms with Gasteiger partial charge >= 0.3 is 0 Å². The molecule has 13 heavy (non-hydrogen) atoms. The van der Waals surface area contributed by atoms with Crippen LogP contribution in [0.3, 0.4) is 0 Å². The van der Waals surface area contributed by atoms with Crippen LogP contribution in [0, 0.1) is 0 Å². The molecule has 0 fully saturated rings. The fourth-order valence-corrected chi connectivity index (χ4v) is 0.890. The number of pyridine rings is 1. The van der Waals surface area contributed by atoms with E-state index in [4.69, 9.17) is 11.6 Å². The Hall–Kier alpha value is -1.13. The highest BCUT2D eigenvalue weighted by atomic mass is 35.5. The molecule has 0 aliphatic heterocycles. The van der Waals surface area contributed by atoms with Crippen LogP contribution in [0.5, 0.6) is 0 Å². The van der Waals surface area contributed by atoms with Gasteiger partial charge in [-0.05, 0) is 12.1 Å². The predicted octanol–water partition coefficient (Wildman–Crippen LogP) is 1.32. The van der Waals surface area contributed by atoms with Crippen molar-refractivity contribution >= 4 is 23.2 Å². The summed E-state index contributed by atoms with van der Waals surface area (Å²) in [5.41, 5.74) is 0.603. The Labute approximate surface area is 80.9 Å². The Morgan fingerprint density at radius 3 is 3.00 bits per heavy atom. The Morgan fingerprint density at radius 1 is 1.69 bits per heavy atom. The molecule has 0 atom stereocenters. The fourth-order valence-electron chi connectivity index (χ4n) is 0.778. The van der Waals surface area contributed by atoms with Crippen molar-refractivity contribution in [3.63, 3.8) is 0 Å². The van der Waals surface area contributed by atoms with Crippen LogP contribution < -0.4 is 5.32 Å². The van der Waals surface area contributed by atoms with Gasteiger partial charge in [0.1, 0.15) is 11.8 Å². The number of halogens is 1. The van der Waals surface area contributed by atoms with Crippen LogP contribution in [0.2, 0.25) is 5.15 Å². The van der Waals surface area contributed by atoms with E-state index < -0.39 is 0 Å². The second kappa shape index (κ2) is 4.79. The molecule has 0 aromatic carbocycles. The minimum absolute atomic E-state index is 0.0304. The summed E-state index contributed by atoms with van der Waals surface area (Å²) in [6, 6.07) is 3.27. The average molecular weight is 201 g/mol. The molecular weight excluding hydrogens is 192 g/mol. The number of rotatable bonds is 3. The third kappa shape index (κ3) is 3.40. The molecule has 1 amide bonds. The molecule has 0 bridgehead atoms. The molecule has 1 heterocycles. The van der Waals surface area contributed by atoms with Gasteiger partial charge in [-0.25, -0.2) is 4.98 Å². The SMILES string of the molecule is COCC(=O)Nc1ccc(Cl)nc1. The number of carbonyl (C=O) groups excluding carboxylic acids is 1. The summed E-state index contributed by atoms with van der Waals surface area (Å²) in [5, 5.41) is 2.98. The van der Waals surface area contributed by atoms with E-state index in [9.17, 15) is 4.79 Å². The number of anilines is 1. The number of nitrogens with zero attached hydrogens (tertiary/aromatic N) is 1. The van der Waals surface area contributed by atoms with Gasteiger partial charge in [-0.3, -0.25) is 4.79 Å². The Bertz CT molecular complexity index is 287. The molecule has 1 aromatic rings. The molecule has 0 aliphatic rings. The molecule has 0 unspecified atom stereocenters. The molecule has 0 saturated carbocycles. The van der Waals surface area contributed by atoms with Crippen molar-refractivity contribution in [2.45, 2.75) is 0 Å². The molecular formula is C8H9ClN2O2. The van der Waals surface area contributed by atoms with Gasteiger partial charge in [0, 0.05) is 7.11 Å². The molecule has 1 N–H and O–H groups in total. The maximum absolute atomic E-state index is 11.0. The van der Waals surface area contributed by atoms with Gasteiger partial charge in [0.15, 0.2) is 0 Å². The molecule has 5 heteroatoms. The van der Waals surface area contributed by atoms with Crippen molar-refractivity contribution in [2.24, 2.45) is 0 Å². The van der Waals surface area contributed by atoms with Gasteiger partial charge in [-0.15, -0.1) is 0 Å². The van der Waals surface area contributed by atoms with E-state index in [-0.39, 0.29) is 12.5 Å². The summed E-state index contributed by atoms with van der Waals surface area (Å²) in [6.07, 6.45) is 1.48. The minimum Gasteiger partial charge on any atom is -0.375 e. The number of hydrogen-bond acceptors (Lipinski definition) is 3. The first-order valence-electron chi connectivity index (χ1n) is 3.62. The van der Waals surface area contributed by atoms with Crippen LogP contribution >= 0.6 is 11.6 Å². The van der Waals surface area contributed by atoms with Crippen LogP contribution in [0.15, 0.2) is 18.3 Å². The standard InChI is InChI=1S/C8H9ClN2O2/c1-13-5-8(12)11-6-2-3-7(9)10-4-6/h2-4H,5H2,1H3,(H,11,12). The van der Waals surface area contributed by atoms with Crippen LogP contribution in [0.1, 0.15) is 0 Å². The Kier molecular flexibility index (Phi) is 3.67. The molecule has 0 aliphatic carbocycles. The second-order valence-corrected chi connectivity index (χ2v) is 2.74. The lowest BCUT2D eigenvalue weighted by Crippen LogP contribution is -2.17. The monoisotopic (exact) mass is 200 g/mol. The van der Waals surface area contributed by atoms with Gasteiger partial charge in [0.2, 0.25) is 5.91 Å². The molecule has 0 saturated heterocycles. The highest BCUT2D eigenvalue weighted by Crippen LogP contribution is 2.09. The normalized spacial score (nSPS) is 9.69. The maximum Gasteiger partial charge on any atom is 0.250 e. The third-order valence-corrected chi connectivity index (χ3v) is 1.51. The number of methoxy groups -OCH3 is 1. The van der Waals surface area contributed by atoms with Crippen molar-refractivity contribution in [2.75, 3.05) is 19.0 Å². The van der Waals surface area contributed by atoms with Crippen molar-refractivity contribution in [1.82, 2.24) is 4.98 Å². The fraction of sp³-hybridized carbons (Fsp3) is 0.250. The summed E-state index contributed by atoms with van der Waals surface area (Å²) in [5.74, 6) is -0.216. The van der Waals surface area contributed by atoms with Crippen LogP contribution in [0.25, 0.3) is 0 Å². The number of ether oxygens (including phenoxy) is 1. The largest absolute Gasteiger partial charge is 0.375 e. The zero-order valence-electron chi connectivity index (χ0n) is 7.08. The van der Waals surface area contributed by atoms with E-state index in [2.05, 4.69) is 15.0 Å². The molecule has 1 rings (SSSR count). The molecule has 0 spiro atoms. The zero-order chi connectivity index (χ0) is 9.68. The van der Waals surface area contributed by atoms with Crippen molar-refractivity contribution in [3.05, 3.63) is 23.5 Å². The van der Waals surface area contributed by atoms with E-state index in [1.807, 2.05) is 0 Å². The van der Waals surface area contributed by atoms with E-state index in [1.54, 1.807) is 12.1 Å². The number of hydrogen-bond donors (Lipinski definition) is 1. The summed E-state index contributed by atoms with van der Waals surface area (Å²) in [4.78, 5) is 14.8. The lowest BCUT2D eigenvalue weighted by Gasteiger charge is -2.02. The maximum atomic E-state index is 11.0. The summed E-state index contributed by atoms with van der Waals surface area (Å²) in [7, 11) is 1.46. The van der Waals surface area contributed by atoms with Crippen LogP contribution in [0.4, 0.5) is 5.69 Å². The lowest BCUT2D eigenvalue weighted by atomic mass is 10.4. The van der Waals surface area contributed by atoms with Crippen LogP contribution in [-0.4, -0.2) is 24.6 Å². The molecule has 1 aromatic heterocycles. The van der Waals surface area contributed by atoms with Crippen molar-refractivity contribution in [1.29, 1.82) is 0 Å². The van der Waals surface area contributed by atoms with E-state index in [1.165, 1.54) is 13.3 Å². The van der Waals surface area contributed by atoms with Gasteiger partial charge < -0.3 is 10.1 Å². The first-order valence-corrected chi connectivity index (χ1v) is 4.00. The summed E-state index contributed by atoms with van der Waals surface area (Å²) >= 11 is 5.56. The summed E-state index contributed by atoms with van der Waals surface area (Å²) in [6.45, 7) is 0.0304. The third-order valence-electron chi connectivity index (χ3n) is 1.29. The molecule has 70 valence electrons. The first-order chi connectivity index (χ1) is 6.22. The second-order valence-electron chi connectivity index (χ2n) is 2.35. The molecule has 4 nitrogen and oxygen atoms in total. The topological polar surface area (TPSA) is 51.2 Å².